The number of aliphatic carboxylic acids is 1. The molecule has 0 aromatic heterocycles. The molecule has 0 bridgehead atoms. The molecule has 0 spiro atoms. The van der Waals surface area contributed by atoms with Crippen molar-refractivity contribution in [1.29, 1.82) is 0 Å². The van der Waals surface area contributed by atoms with E-state index < -0.39 is 12.0 Å². The molecule has 0 aliphatic heterocycles. The second-order valence-electron chi connectivity index (χ2n) is 3.34. The average molecular weight is 260 g/mol. The van der Waals surface area contributed by atoms with Crippen LogP contribution < -0.4 is 10.5 Å². The first-order valence-corrected chi connectivity index (χ1v) is 4.69. The van der Waals surface area contributed by atoms with Crippen LogP contribution in [0.3, 0.4) is 0 Å². The van der Waals surface area contributed by atoms with Gasteiger partial charge in [0.25, 0.3) is 0 Å². The number of methoxy groups -OCH3 is 1. The summed E-state index contributed by atoms with van der Waals surface area (Å²) in [5.74, 6) is -0.605. The summed E-state index contributed by atoms with van der Waals surface area (Å²) < 4.78 is 4.96. The average Bonchev–Trinajstić information content (AvgIpc) is 2.28. The van der Waals surface area contributed by atoms with Crippen molar-refractivity contribution in [2.24, 2.45) is 5.73 Å². The molecule has 0 unspecified atom stereocenters. The Bertz CT molecular complexity index is 408. The SMILES string of the molecule is COc1ccc(C[C@H](N)C(=O)O)cc1C=O.Cl. The van der Waals surface area contributed by atoms with E-state index in [9.17, 15) is 9.59 Å². The van der Waals surface area contributed by atoms with Gasteiger partial charge in [-0.2, -0.15) is 0 Å². The molecule has 6 heteroatoms. The van der Waals surface area contributed by atoms with Gasteiger partial charge in [0.2, 0.25) is 0 Å². The summed E-state index contributed by atoms with van der Waals surface area (Å²) in [6.45, 7) is 0. The van der Waals surface area contributed by atoms with Crippen LogP contribution in [0.2, 0.25) is 0 Å². The summed E-state index contributed by atoms with van der Waals surface area (Å²) in [5, 5.41) is 8.65. The number of carboxylic acids is 1. The van der Waals surface area contributed by atoms with Crippen molar-refractivity contribution in [3.05, 3.63) is 29.3 Å². The predicted molar refractivity (Wildman–Crippen MR) is 64.9 cm³/mol. The van der Waals surface area contributed by atoms with E-state index in [4.69, 9.17) is 15.6 Å². The van der Waals surface area contributed by atoms with Crippen LogP contribution in [0.5, 0.6) is 5.75 Å². The topological polar surface area (TPSA) is 89.6 Å². The third kappa shape index (κ3) is 4.05. The Balaban J connectivity index is 0.00000256. The standard InChI is InChI=1S/C11H13NO4.ClH/c1-16-10-3-2-7(4-8(10)6-13)5-9(12)11(14)15;/h2-4,6,9H,5,12H2,1H3,(H,14,15);1H/t9-;/m0./s1. The number of carbonyl (C=O) groups excluding carboxylic acids is 1. The number of hydrogen-bond acceptors (Lipinski definition) is 4. The third-order valence-electron chi connectivity index (χ3n) is 2.19. The van der Waals surface area contributed by atoms with E-state index in [1.165, 1.54) is 7.11 Å². The zero-order valence-electron chi connectivity index (χ0n) is 9.25. The Morgan fingerprint density at radius 1 is 1.59 bits per heavy atom. The third-order valence-corrected chi connectivity index (χ3v) is 2.19. The van der Waals surface area contributed by atoms with Gasteiger partial charge in [0.05, 0.1) is 12.7 Å². The Kier molecular flexibility index (Phi) is 6.23. The first kappa shape index (κ1) is 15.4. The van der Waals surface area contributed by atoms with Gasteiger partial charge >= 0.3 is 5.97 Å². The van der Waals surface area contributed by atoms with Crippen molar-refractivity contribution in [2.45, 2.75) is 12.5 Å². The van der Waals surface area contributed by atoms with Crippen molar-refractivity contribution in [2.75, 3.05) is 7.11 Å². The highest BCUT2D eigenvalue weighted by atomic mass is 35.5. The molecular weight excluding hydrogens is 246 g/mol. The van der Waals surface area contributed by atoms with E-state index in [0.717, 1.165) is 0 Å². The van der Waals surface area contributed by atoms with Gasteiger partial charge in [0.15, 0.2) is 6.29 Å². The van der Waals surface area contributed by atoms with Crippen LogP contribution in [0.1, 0.15) is 15.9 Å². The maximum absolute atomic E-state index is 10.7. The molecule has 17 heavy (non-hydrogen) atoms. The number of benzene rings is 1. The Hall–Kier alpha value is -1.59. The molecule has 0 heterocycles. The molecule has 3 N–H and O–H groups in total. The molecule has 1 aromatic carbocycles. The maximum atomic E-state index is 10.7. The monoisotopic (exact) mass is 259 g/mol. The summed E-state index contributed by atoms with van der Waals surface area (Å²) in [6, 6.07) is 3.92. The lowest BCUT2D eigenvalue weighted by Crippen LogP contribution is -2.32. The molecule has 0 amide bonds. The van der Waals surface area contributed by atoms with E-state index in [2.05, 4.69) is 0 Å². The van der Waals surface area contributed by atoms with Gasteiger partial charge in [-0.25, -0.2) is 0 Å². The zero-order chi connectivity index (χ0) is 12.1. The summed E-state index contributed by atoms with van der Waals surface area (Å²) in [4.78, 5) is 21.3. The summed E-state index contributed by atoms with van der Waals surface area (Å²) in [7, 11) is 1.46. The van der Waals surface area contributed by atoms with E-state index >= 15 is 0 Å². The highest BCUT2D eigenvalue weighted by Gasteiger charge is 2.13. The summed E-state index contributed by atoms with van der Waals surface area (Å²) >= 11 is 0. The van der Waals surface area contributed by atoms with Gasteiger partial charge in [0.1, 0.15) is 11.8 Å². The molecule has 0 saturated heterocycles. The molecule has 1 atom stereocenters. The first-order valence-electron chi connectivity index (χ1n) is 4.69. The highest BCUT2D eigenvalue weighted by Crippen LogP contribution is 2.18. The van der Waals surface area contributed by atoms with E-state index in [0.29, 0.717) is 23.2 Å². The van der Waals surface area contributed by atoms with E-state index in [-0.39, 0.29) is 18.8 Å². The van der Waals surface area contributed by atoms with Crippen molar-refractivity contribution >= 4 is 24.7 Å². The Morgan fingerprint density at radius 2 is 2.24 bits per heavy atom. The minimum Gasteiger partial charge on any atom is -0.496 e. The van der Waals surface area contributed by atoms with Crippen LogP contribution in [-0.4, -0.2) is 30.5 Å². The van der Waals surface area contributed by atoms with Gasteiger partial charge in [-0.3, -0.25) is 9.59 Å². The van der Waals surface area contributed by atoms with Gasteiger partial charge in [-0.1, -0.05) is 6.07 Å². The lowest BCUT2D eigenvalue weighted by Gasteiger charge is -2.09. The normalized spacial score (nSPS) is 11.2. The van der Waals surface area contributed by atoms with Crippen LogP contribution in [0.15, 0.2) is 18.2 Å². The molecule has 1 rings (SSSR count). The number of halogens is 1. The number of carbonyl (C=O) groups is 2. The lowest BCUT2D eigenvalue weighted by molar-refractivity contribution is -0.138. The van der Waals surface area contributed by atoms with E-state index in [1.807, 2.05) is 0 Å². The maximum Gasteiger partial charge on any atom is 0.320 e. The highest BCUT2D eigenvalue weighted by molar-refractivity contribution is 5.85. The van der Waals surface area contributed by atoms with Crippen LogP contribution in [0.25, 0.3) is 0 Å². The molecule has 0 fully saturated rings. The number of hydrogen-bond donors (Lipinski definition) is 2. The van der Waals surface area contributed by atoms with Crippen LogP contribution in [0, 0.1) is 0 Å². The number of carboxylic acid groups (broad SMARTS) is 1. The lowest BCUT2D eigenvalue weighted by atomic mass is 10.0. The summed E-state index contributed by atoms with van der Waals surface area (Å²) in [5.41, 5.74) is 6.47. The van der Waals surface area contributed by atoms with Crippen LogP contribution in [0.4, 0.5) is 0 Å². The van der Waals surface area contributed by atoms with E-state index in [1.54, 1.807) is 18.2 Å². The molecule has 0 aliphatic rings. The zero-order valence-corrected chi connectivity index (χ0v) is 10.1. The number of rotatable bonds is 5. The van der Waals surface area contributed by atoms with Gasteiger partial charge in [0, 0.05) is 0 Å². The molecule has 0 radical (unpaired) electrons. The minimum absolute atomic E-state index is 0. The summed E-state index contributed by atoms with van der Waals surface area (Å²) in [6.07, 6.45) is 0.842. The fourth-order valence-electron chi connectivity index (χ4n) is 1.34. The van der Waals surface area contributed by atoms with Crippen LogP contribution >= 0.6 is 12.4 Å². The second-order valence-corrected chi connectivity index (χ2v) is 3.34. The first-order chi connectivity index (χ1) is 7.58. The quantitative estimate of drug-likeness (QED) is 0.767. The molecule has 5 nitrogen and oxygen atoms in total. The van der Waals surface area contributed by atoms with Crippen molar-refractivity contribution in [1.82, 2.24) is 0 Å². The number of aldehydes is 1. The molecular formula is C11H14ClNO4. The van der Waals surface area contributed by atoms with Gasteiger partial charge < -0.3 is 15.6 Å². The molecule has 0 saturated carbocycles. The predicted octanol–water partition coefficient (Wildman–Crippen LogP) is 0.884. The Labute approximate surface area is 105 Å². The van der Waals surface area contributed by atoms with Crippen LogP contribution in [-0.2, 0) is 11.2 Å². The smallest absolute Gasteiger partial charge is 0.320 e. The second kappa shape index (κ2) is 6.88. The fraction of sp³-hybridized carbons (Fsp3) is 0.273. The van der Waals surface area contributed by atoms with Crippen molar-refractivity contribution < 1.29 is 19.4 Å². The molecule has 94 valence electrons. The van der Waals surface area contributed by atoms with Crippen molar-refractivity contribution in [3.8, 4) is 5.75 Å². The Morgan fingerprint density at radius 3 is 2.71 bits per heavy atom. The molecule has 0 aliphatic carbocycles. The molecule has 1 aromatic rings. The van der Waals surface area contributed by atoms with Gasteiger partial charge in [-0.05, 0) is 24.1 Å². The van der Waals surface area contributed by atoms with Crippen molar-refractivity contribution in [3.63, 3.8) is 0 Å². The fourth-order valence-corrected chi connectivity index (χ4v) is 1.34. The number of nitrogens with two attached hydrogens (primary N) is 1. The van der Waals surface area contributed by atoms with Gasteiger partial charge in [-0.15, -0.1) is 12.4 Å². The number of ether oxygens (including phenoxy) is 1. The minimum atomic E-state index is -1.07. The largest absolute Gasteiger partial charge is 0.496 e.